The van der Waals surface area contributed by atoms with Crippen LogP contribution in [0, 0.1) is 0 Å². The molecule has 0 aliphatic heterocycles. The van der Waals surface area contributed by atoms with Crippen LogP contribution >= 0.6 is 15.9 Å². The van der Waals surface area contributed by atoms with Crippen molar-refractivity contribution < 1.29 is 4.79 Å². The summed E-state index contributed by atoms with van der Waals surface area (Å²) in [6.45, 7) is 2.36. The summed E-state index contributed by atoms with van der Waals surface area (Å²) in [5, 5.41) is 2.03. The number of carbonyl (C=O) groups is 1. The molecule has 2 amide bonds. The number of nitrogens with zero attached hydrogens (tertiary/aromatic N) is 2. The predicted octanol–water partition coefficient (Wildman–Crippen LogP) is 2.90. The second kappa shape index (κ2) is 4.71. The van der Waals surface area contributed by atoms with Gasteiger partial charge in [0.25, 0.3) is 0 Å². The number of anilines is 1. The minimum Gasteiger partial charge on any atom is -0.351 e. The first-order valence-electron chi connectivity index (χ1n) is 5.24. The third kappa shape index (κ3) is 2.24. The zero-order valence-electron chi connectivity index (χ0n) is 9.35. The number of benzene rings is 1. The second-order valence-electron chi connectivity index (χ2n) is 3.59. The van der Waals surface area contributed by atoms with Crippen LogP contribution in [0.4, 0.5) is 10.6 Å². The summed E-state index contributed by atoms with van der Waals surface area (Å²) in [5.74, 6) is 0.575. The van der Waals surface area contributed by atoms with Crippen molar-refractivity contribution in [1.82, 2.24) is 4.98 Å². The largest absolute Gasteiger partial charge is 0.351 e. The van der Waals surface area contributed by atoms with Gasteiger partial charge in [-0.05, 0) is 24.4 Å². The van der Waals surface area contributed by atoms with Crippen molar-refractivity contribution in [3.8, 4) is 0 Å². The van der Waals surface area contributed by atoms with E-state index in [2.05, 4.69) is 20.9 Å². The van der Waals surface area contributed by atoms with Crippen LogP contribution in [0.15, 0.2) is 34.9 Å². The van der Waals surface area contributed by atoms with Crippen LogP contribution in [0.2, 0.25) is 0 Å². The summed E-state index contributed by atoms with van der Waals surface area (Å²) in [4.78, 5) is 16.9. The first-order chi connectivity index (χ1) is 8.13. The Labute approximate surface area is 108 Å². The van der Waals surface area contributed by atoms with E-state index in [1.807, 2.05) is 31.2 Å². The van der Waals surface area contributed by atoms with Gasteiger partial charge >= 0.3 is 6.03 Å². The van der Waals surface area contributed by atoms with Crippen molar-refractivity contribution >= 4 is 38.6 Å². The molecule has 2 rings (SSSR count). The average Bonchev–Trinajstić information content (AvgIpc) is 2.29. The van der Waals surface area contributed by atoms with Gasteiger partial charge in [0.15, 0.2) is 0 Å². The first-order valence-corrected chi connectivity index (χ1v) is 6.04. The lowest BCUT2D eigenvalue weighted by atomic mass is 10.2. The molecule has 0 aliphatic carbocycles. The predicted molar refractivity (Wildman–Crippen MR) is 72.0 cm³/mol. The lowest BCUT2D eigenvalue weighted by Crippen LogP contribution is -2.36. The molecule has 88 valence electrons. The molecule has 1 aromatic heterocycles. The third-order valence-electron chi connectivity index (χ3n) is 2.56. The van der Waals surface area contributed by atoms with Crippen LogP contribution in [0.25, 0.3) is 10.8 Å². The molecule has 1 heterocycles. The minimum absolute atomic E-state index is 0.491. The number of aromatic nitrogens is 1. The minimum atomic E-state index is -0.491. The van der Waals surface area contributed by atoms with Gasteiger partial charge in [0.2, 0.25) is 0 Å². The maximum absolute atomic E-state index is 11.2. The number of hydrogen-bond donors (Lipinski definition) is 1. The molecular formula is C12H12BrN3O. The molecule has 0 aliphatic rings. The number of primary amides is 1. The van der Waals surface area contributed by atoms with Crippen molar-refractivity contribution in [1.29, 1.82) is 0 Å². The van der Waals surface area contributed by atoms with Crippen LogP contribution in [-0.4, -0.2) is 17.6 Å². The van der Waals surface area contributed by atoms with Crippen molar-refractivity contribution in [2.45, 2.75) is 6.92 Å². The van der Waals surface area contributed by atoms with Crippen molar-refractivity contribution in [3.63, 3.8) is 0 Å². The van der Waals surface area contributed by atoms with Crippen LogP contribution in [0.5, 0.6) is 0 Å². The molecule has 0 saturated heterocycles. The Morgan fingerprint density at radius 1 is 1.53 bits per heavy atom. The van der Waals surface area contributed by atoms with E-state index in [4.69, 9.17) is 5.73 Å². The molecule has 0 spiro atoms. The van der Waals surface area contributed by atoms with Gasteiger partial charge in [-0.25, -0.2) is 9.78 Å². The molecule has 0 fully saturated rings. The smallest absolute Gasteiger partial charge is 0.320 e. The van der Waals surface area contributed by atoms with Gasteiger partial charge < -0.3 is 5.73 Å². The summed E-state index contributed by atoms with van der Waals surface area (Å²) in [6, 6.07) is 7.23. The van der Waals surface area contributed by atoms with Gasteiger partial charge in [-0.3, -0.25) is 4.90 Å². The standard InChI is InChI=1S/C12H12BrN3O/c1-2-16(12(14)17)11-6-8-4-3-5-10(13)9(8)7-15-11/h3-7H,2H2,1H3,(H2,14,17). The van der Waals surface area contributed by atoms with Gasteiger partial charge in [-0.1, -0.05) is 28.1 Å². The van der Waals surface area contributed by atoms with E-state index < -0.39 is 6.03 Å². The number of amides is 2. The summed E-state index contributed by atoms with van der Waals surface area (Å²) < 4.78 is 0.983. The quantitative estimate of drug-likeness (QED) is 0.925. The van der Waals surface area contributed by atoms with E-state index in [9.17, 15) is 4.79 Å². The molecule has 0 saturated carbocycles. The topological polar surface area (TPSA) is 59.2 Å². The van der Waals surface area contributed by atoms with Crippen LogP contribution in [0.1, 0.15) is 6.92 Å². The lowest BCUT2D eigenvalue weighted by Gasteiger charge is -2.17. The highest BCUT2D eigenvalue weighted by Crippen LogP contribution is 2.25. The zero-order chi connectivity index (χ0) is 12.4. The highest BCUT2D eigenvalue weighted by molar-refractivity contribution is 9.10. The van der Waals surface area contributed by atoms with Gasteiger partial charge in [0, 0.05) is 22.6 Å². The second-order valence-corrected chi connectivity index (χ2v) is 4.44. The molecule has 0 atom stereocenters. The molecule has 17 heavy (non-hydrogen) atoms. The van der Waals surface area contributed by atoms with E-state index in [0.29, 0.717) is 12.4 Å². The first kappa shape index (κ1) is 11.9. The third-order valence-corrected chi connectivity index (χ3v) is 3.25. The Morgan fingerprint density at radius 3 is 2.94 bits per heavy atom. The zero-order valence-corrected chi connectivity index (χ0v) is 10.9. The van der Waals surface area contributed by atoms with Gasteiger partial charge in [0.05, 0.1) is 0 Å². The fraction of sp³-hybridized carbons (Fsp3) is 0.167. The Kier molecular flexibility index (Phi) is 3.28. The monoisotopic (exact) mass is 293 g/mol. The number of carbonyl (C=O) groups excluding carboxylic acids is 1. The maximum atomic E-state index is 11.2. The number of rotatable bonds is 2. The molecular weight excluding hydrogens is 282 g/mol. The fourth-order valence-corrected chi connectivity index (χ4v) is 2.19. The van der Waals surface area contributed by atoms with Gasteiger partial charge in [-0.2, -0.15) is 0 Å². The maximum Gasteiger partial charge on any atom is 0.320 e. The highest BCUT2D eigenvalue weighted by Gasteiger charge is 2.11. The van der Waals surface area contributed by atoms with Crippen molar-refractivity contribution in [2.75, 3.05) is 11.4 Å². The molecule has 0 radical (unpaired) electrons. The molecule has 0 bridgehead atoms. The number of fused-ring (bicyclic) bond motifs is 1. The highest BCUT2D eigenvalue weighted by atomic mass is 79.9. The molecule has 5 heteroatoms. The number of halogens is 1. The SMILES string of the molecule is CCN(C(N)=O)c1cc2cccc(Br)c2cn1. The Hall–Kier alpha value is -1.62. The molecule has 4 nitrogen and oxygen atoms in total. The molecule has 2 aromatic rings. The van der Waals surface area contributed by atoms with Crippen LogP contribution < -0.4 is 10.6 Å². The lowest BCUT2D eigenvalue weighted by molar-refractivity contribution is 0.254. The van der Waals surface area contributed by atoms with E-state index >= 15 is 0 Å². The summed E-state index contributed by atoms with van der Waals surface area (Å²) in [7, 11) is 0. The molecule has 0 unspecified atom stereocenters. The van der Waals surface area contributed by atoms with Gasteiger partial charge in [0.1, 0.15) is 5.82 Å². The summed E-state index contributed by atoms with van der Waals surface area (Å²) in [6.07, 6.45) is 1.74. The fourth-order valence-electron chi connectivity index (χ4n) is 1.70. The molecule has 1 aromatic carbocycles. The Morgan fingerprint density at radius 2 is 2.29 bits per heavy atom. The van der Waals surface area contributed by atoms with Crippen LogP contribution in [0.3, 0.4) is 0 Å². The number of urea groups is 1. The van der Waals surface area contributed by atoms with E-state index in [1.54, 1.807) is 6.20 Å². The normalized spacial score (nSPS) is 10.5. The van der Waals surface area contributed by atoms with Gasteiger partial charge in [-0.15, -0.1) is 0 Å². The Balaban J connectivity index is 2.55. The van der Waals surface area contributed by atoms with Crippen molar-refractivity contribution in [2.24, 2.45) is 5.73 Å². The summed E-state index contributed by atoms with van der Waals surface area (Å²) in [5.41, 5.74) is 5.29. The number of pyridine rings is 1. The summed E-state index contributed by atoms with van der Waals surface area (Å²) >= 11 is 3.46. The molecule has 2 N–H and O–H groups in total. The Bertz CT molecular complexity index is 571. The van der Waals surface area contributed by atoms with Crippen molar-refractivity contribution in [3.05, 3.63) is 34.9 Å². The van der Waals surface area contributed by atoms with E-state index in [-0.39, 0.29) is 0 Å². The number of hydrogen-bond acceptors (Lipinski definition) is 2. The number of nitrogens with two attached hydrogens (primary N) is 1. The van der Waals surface area contributed by atoms with E-state index in [1.165, 1.54) is 4.90 Å². The van der Waals surface area contributed by atoms with E-state index in [0.717, 1.165) is 15.2 Å². The average molecular weight is 294 g/mol. The van der Waals surface area contributed by atoms with Crippen LogP contribution in [-0.2, 0) is 0 Å².